The van der Waals surface area contributed by atoms with E-state index >= 15 is 0 Å². The number of thioether (sulfide) groups is 1. The lowest BCUT2D eigenvalue weighted by molar-refractivity contribution is -0.115. The molecule has 1 amide bonds. The van der Waals surface area contributed by atoms with Crippen LogP contribution in [0.15, 0.2) is 83.9 Å². The average Bonchev–Trinajstić information content (AvgIpc) is 2.86. The van der Waals surface area contributed by atoms with Crippen molar-refractivity contribution in [1.82, 2.24) is 4.98 Å². The number of hydrogen-bond donors (Lipinski definition) is 1. The maximum absolute atomic E-state index is 12.9. The highest BCUT2D eigenvalue weighted by Gasteiger charge is 2.21. The number of anilines is 1. The highest BCUT2D eigenvalue weighted by atomic mass is 35.5. The van der Waals surface area contributed by atoms with Gasteiger partial charge in [-0.1, -0.05) is 76.9 Å². The maximum Gasteiger partial charge on any atom is 0.237 e. The third-order valence-corrected chi connectivity index (χ3v) is 6.96. The highest BCUT2D eigenvalue weighted by molar-refractivity contribution is 8.00. The van der Waals surface area contributed by atoms with Gasteiger partial charge in [-0.2, -0.15) is 5.26 Å². The monoisotopic (exact) mass is 517 g/mol. The number of rotatable bonds is 6. The van der Waals surface area contributed by atoms with Crippen LogP contribution in [0.4, 0.5) is 5.69 Å². The summed E-state index contributed by atoms with van der Waals surface area (Å²) in [7, 11) is 0. The smallest absolute Gasteiger partial charge is 0.237 e. The van der Waals surface area contributed by atoms with Gasteiger partial charge in [0.1, 0.15) is 11.1 Å². The van der Waals surface area contributed by atoms with E-state index in [2.05, 4.69) is 11.4 Å². The molecule has 1 heterocycles. The molecule has 7 heteroatoms. The molecule has 174 valence electrons. The molecule has 3 aromatic carbocycles. The summed E-state index contributed by atoms with van der Waals surface area (Å²) in [6.07, 6.45) is 0. The minimum atomic E-state index is -0.491. The van der Waals surface area contributed by atoms with Crippen LogP contribution in [0, 0.1) is 18.3 Å². The molecule has 0 saturated heterocycles. The number of carbonyl (C=O) groups is 1. The van der Waals surface area contributed by atoms with Crippen LogP contribution in [0.5, 0.6) is 0 Å². The van der Waals surface area contributed by atoms with E-state index in [1.165, 1.54) is 11.8 Å². The van der Waals surface area contributed by atoms with Gasteiger partial charge in [-0.05, 0) is 61.9 Å². The standard InChI is InChI=1S/C28H21Cl2N3OS/c1-17-3-13-23(14-4-17)32-27(34)18(2)35-28-25(16-31)24(19-5-9-21(29)10-6-19)15-26(33-28)20-7-11-22(30)12-8-20/h3-15,18H,1-2H3,(H,32,34). The summed E-state index contributed by atoms with van der Waals surface area (Å²) in [5.74, 6) is -0.172. The lowest BCUT2D eigenvalue weighted by atomic mass is 9.99. The van der Waals surface area contributed by atoms with E-state index in [-0.39, 0.29) is 5.91 Å². The fraction of sp³-hybridized carbons (Fsp3) is 0.107. The Balaban J connectivity index is 1.73. The summed E-state index contributed by atoms with van der Waals surface area (Å²) >= 11 is 13.4. The lowest BCUT2D eigenvalue weighted by Gasteiger charge is -2.16. The first-order chi connectivity index (χ1) is 16.8. The fourth-order valence-corrected chi connectivity index (χ4v) is 4.62. The number of benzene rings is 3. The summed E-state index contributed by atoms with van der Waals surface area (Å²) in [5.41, 5.74) is 5.33. The second kappa shape index (κ2) is 11.0. The predicted molar refractivity (Wildman–Crippen MR) is 145 cm³/mol. The summed E-state index contributed by atoms with van der Waals surface area (Å²) in [6, 6.07) is 26.4. The predicted octanol–water partition coefficient (Wildman–Crippen LogP) is 8.02. The van der Waals surface area contributed by atoms with Crippen molar-refractivity contribution >= 4 is 46.6 Å². The van der Waals surface area contributed by atoms with Gasteiger partial charge in [0.2, 0.25) is 5.91 Å². The van der Waals surface area contributed by atoms with Crippen LogP contribution >= 0.6 is 35.0 Å². The minimum absolute atomic E-state index is 0.172. The zero-order valence-corrected chi connectivity index (χ0v) is 21.4. The van der Waals surface area contributed by atoms with Crippen LogP contribution in [-0.2, 0) is 4.79 Å². The summed E-state index contributed by atoms with van der Waals surface area (Å²) in [5, 5.41) is 14.2. The quantitative estimate of drug-likeness (QED) is 0.263. The van der Waals surface area contributed by atoms with Crippen LogP contribution in [0.25, 0.3) is 22.4 Å². The largest absolute Gasteiger partial charge is 0.325 e. The number of aryl methyl sites for hydroxylation is 1. The van der Waals surface area contributed by atoms with Crippen molar-refractivity contribution in [1.29, 1.82) is 5.26 Å². The molecule has 4 nitrogen and oxygen atoms in total. The number of hydrogen-bond acceptors (Lipinski definition) is 4. The number of nitrogens with zero attached hydrogens (tertiary/aromatic N) is 2. The van der Waals surface area contributed by atoms with Gasteiger partial charge in [0, 0.05) is 26.9 Å². The van der Waals surface area contributed by atoms with Crippen molar-refractivity contribution in [3.05, 3.63) is 100 Å². The van der Waals surface area contributed by atoms with Crippen molar-refractivity contribution in [3.63, 3.8) is 0 Å². The van der Waals surface area contributed by atoms with E-state index in [0.29, 0.717) is 26.3 Å². The van der Waals surface area contributed by atoms with E-state index in [1.54, 1.807) is 31.2 Å². The van der Waals surface area contributed by atoms with Crippen LogP contribution in [0.2, 0.25) is 10.0 Å². The van der Waals surface area contributed by atoms with Crippen LogP contribution < -0.4 is 5.32 Å². The number of aromatic nitrogens is 1. The van der Waals surface area contributed by atoms with Crippen molar-refractivity contribution in [2.75, 3.05) is 5.32 Å². The Labute approximate surface area is 218 Å². The van der Waals surface area contributed by atoms with Crippen molar-refractivity contribution in [2.45, 2.75) is 24.1 Å². The molecule has 1 N–H and O–H groups in total. The summed E-state index contributed by atoms with van der Waals surface area (Å²) in [6.45, 7) is 3.79. The van der Waals surface area contributed by atoms with Gasteiger partial charge in [-0.3, -0.25) is 4.79 Å². The molecule has 0 aliphatic rings. The molecular weight excluding hydrogens is 497 g/mol. The number of nitriles is 1. The van der Waals surface area contributed by atoms with Gasteiger partial charge in [-0.15, -0.1) is 0 Å². The topological polar surface area (TPSA) is 65.8 Å². The Kier molecular flexibility index (Phi) is 7.77. The molecule has 0 fully saturated rings. The molecule has 0 aliphatic heterocycles. The summed E-state index contributed by atoms with van der Waals surface area (Å²) in [4.78, 5) is 17.7. The van der Waals surface area contributed by atoms with Crippen LogP contribution in [0.3, 0.4) is 0 Å². The average molecular weight is 518 g/mol. The van der Waals surface area contributed by atoms with E-state index in [0.717, 1.165) is 27.9 Å². The van der Waals surface area contributed by atoms with Gasteiger partial charge in [0.25, 0.3) is 0 Å². The first-order valence-corrected chi connectivity index (χ1v) is 12.5. The van der Waals surface area contributed by atoms with Crippen molar-refractivity contribution < 1.29 is 4.79 Å². The Morgan fingerprint density at radius 3 is 2.09 bits per heavy atom. The Morgan fingerprint density at radius 2 is 1.51 bits per heavy atom. The molecule has 4 aromatic rings. The first kappa shape index (κ1) is 24.8. The second-order valence-corrected chi connectivity index (χ2v) is 10.2. The molecule has 1 atom stereocenters. The van der Waals surface area contributed by atoms with Crippen LogP contribution in [-0.4, -0.2) is 16.1 Å². The molecule has 0 saturated carbocycles. The zero-order chi connectivity index (χ0) is 24.9. The molecular formula is C28H21Cl2N3OS. The zero-order valence-electron chi connectivity index (χ0n) is 19.0. The first-order valence-electron chi connectivity index (χ1n) is 10.9. The lowest BCUT2D eigenvalue weighted by Crippen LogP contribution is -2.22. The third kappa shape index (κ3) is 6.04. The maximum atomic E-state index is 12.9. The summed E-state index contributed by atoms with van der Waals surface area (Å²) < 4.78 is 0. The van der Waals surface area contributed by atoms with Gasteiger partial charge < -0.3 is 5.32 Å². The van der Waals surface area contributed by atoms with Gasteiger partial charge in [0.05, 0.1) is 16.5 Å². The van der Waals surface area contributed by atoms with E-state index < -0.39 is 5.25 Å². The van der Waals surface area contributed by atoms with Crippen LogP contribution in [0.1, 0.15) is 18.1 Å². The number of nitrogens with one attached hydrogen (secondary N) is 1. The van der Waals surface area contributed by atoms with Gasteiger partial charge in [-0.25, -0.2) is 4.98 Å². The van der Waals surface area contributed by atoms with Gasteiger partial charge in [0.15, 0.2) is 0 Å². The molecule has 1 unspecified atom stereocenters. The third-order valence-electron chi connectivity index (χ3n) is 5.37. The Bertz CT molecular complexity index is 1400. The number of carbonyl (C=O) groups excluding carboxylic acids is 1. The second-order valence-electron chi connectivity index (χ2n) is 7.98. The fourth-order valence-electron chi connectivity index (χ4n) is 3.44. The molecule has 0 radical (unpaired) electrons. The van der Waals surface area contributed by atoms with Crippen molar-refractivity contribution in [3.8, 4) is 28.5 Å². The highest BCUT2D eigenvalue weighted by Crippen LogP contribution is 2.36. The van der Waals surface area contributed by atoms with E-state index in [4.69, 9.17) is 28.2 Å². The Morgan fingerprint density at radius 1 is 0.943 bits per heavy atom. The van der Waals surface area contributed by atoms with E-state index in [9.17, 15) is 10.1 Å². The molecule has 0 aliphatic carbocycles. The molecule has 0 bridgehead atoms. The minimum Gasteiger partial charge on any atom is -0.325 e. The number of halogens is 2. The Hall–Kier alpha value is -3.30. The molecule has 35 heavy (non-hydrogen) atoms. The molecule has 0 spiro atoms. The number of pyridine rings is 1. The number of amides is 1. The van der Waals surface area contributed by atoms with Crippen molar-refractivity contribution in [2.24, 2.45) is 0 Å². The molecule has 4 rings (SSSR count). The van der Waals surface area contributed by atoms with E-state index in [1.807, 2.05) is 61.5 Å². The SMILES string of the molecule is Cc1ccc(NC(=O)C(C)Sc2nc(-c3ccc(Cl)cc3)cc(-c3ccc(Cl)cc3)c2C#N)cc1. The normalized spacial score (nSPS) is 11.5. The molecule has 1 aromatic heterocycles. The van der Waals surface area contributed by atoms with Gasteiger partial charge >= 0.3 is 0 Å².